The van der Waals surface area contributed by atoms with E-state index >= 15 is 0 Å². The Hall–Kier alpha value is -2.50. The highest BCUT2D eigenvalue weighted by Crippen LogP contribution is 2.36. The number of carbonyl (C=O) groups is 1. The second-order valence-corrected chi connectivity index (χ2v) is 5.97. The Bertz CT molecular complexity index is 726. The third-order valence-corrected chi connectivity index (χ3v) is 4.47. The first kappa shape index (κ1) is 16.4. The summed E-state index contributed by atoms with van der Waals surface area (Å²) in [5, 5.41) is 7.05. The van der Waals surface area contributed by atoms with Gasteiger partial charge in [-0.3, -0.25) is 0 Å². The van der Waals surface area contributed by atoms with Crippen LogP contribution < -0.4 is 10.1 Å². The van der Waals surface area contributed by atoms with E-state index in [9.17, 15) is 4.79 Å². The summed E-state index contributed by atoms with van der Waals surface area (Å²) in [5.74, 6) is 1.59. The van der Waals surface area contributed by atoms with Crippen molar-refractivity contribution in [2.24, 2.45) is 0 Å². The van der Waals surface area contributed by atoms with Crippen LogP contribution in [0.4, 0.5) is 10.5 Å². The van der Waals surface area contributed by atoms with Crippen molar-refractivity contribution in [3.63, 3.8) is 0 Å². The summed E-state index contributed by atoms with van der Waals surface area (Å²) >= 11 is 0. The number of ether oxygens (including phenoxy) is 1. The number of rotatable bonds is 4. The van der Waals surface area contributed by atoms with Gasteiger partial charge in [0.15, 0.2) is 0 Å². The van der Waals surface area contributed by atoms with Gasteiger partial charge in [0.2, 0.25) is 0 Å². The number of aryl methyl sites for hydroxylation is 2. The standard InChI is InChI=1S/C18H23N3O3/c1-4-16-17(12(2)20-24-16)15-9-6-10-21(15)18(22)19-13-7-5-8-14(11-13)23-3/h5,7-8,11,15H,4,6,9-10H2,1-3H3,(H,19,22). The minimum Gasteiger partial charge on any atom is -0.497 e. The van der Waals surface area contributed by atoms with Crippen molar-refractivity contribution in [2.45, 2.75) is 39.2 Å². The first-order chi connectivity index (χ1) is 11.6. The summed E-state index contributed by atoms with van der Waals surface area (Å²) in [5.41, 5.74) is 2.66. The van der Waals surface area contributed by atoms with Crippen molar-refractivity contribution < 1.29 is 14.1 Å². The molecule has 0 bridgehead atoms. The Labute approximate surface area is 141 Å². The number of anilines is 1. The van der Waals surface area contributed by atoms with E-state index in [4.69, 9.17) is 9.26 Å². The number of carbonyl (C=O) groups excluding carboxylic acids is 1. The minimum absolute atomic E-state index is 0.0248. The smallest absolute Gasteiger partial charge is 0.322 e. The first-order valence-corrected chi connectivity index (χ1v) is 8.30. The molecule has 6 heteroatoms. The third kappa shape index (κ3) is 3.09. The molecular weight excluding hydrogens is 306 g/mol. The molecule has 1 aromatic carbocycles. The summed E-state index contributed by atoms with van der Waals surface area (Å²) < 4.78 is 10.6. The van der Waals surface area contributed by atoms with Crippen LogP contribution in [0.15, 0.2) is 28.8 Å². The zero-order valence-electron chi connectivity index (χ0n) is 14.3. The predicted molar refractivity (Wildman–Crippen MR) is 91.3 cm³/mol. The van der Waals surface area contributed by atoms with Gasteiger partial charge in [-0.25, -0.2) is 4.79 Å². The highest BCUT2D eigenvalue weighted by molar-refractivity contribution is 5.90. The topological polar surface area (TPSA) is 67.6 Å². The van der Waals surface area contributed by atoms with Crippen LogP contribution >= 0.6 is 0 Å². The zero-order valence-corrected chi connectivity index (χ0v) is 14.3. The van der Waals surface area contributed by atoms with Crippen LogP contribution in [-0.4, -0.2) is 29.7 Å². The highest BCUT2D eigenvalue weighted by atomic mass is 16.5. The first-order valence-electron chi connectivity index (χ1n) is 8.30. The maximum absolute atomic E-state index is 12.8. The van der Waals surface area contributed by atoms with E-state index in [0.717, 1.165) is 48.5 Å². The Balaban J connectivity index is 1.79. The van der Waals surface area contributed by atoms with E-state index in [2.05, 4.69) is 10.5 Å². The van der Waals surface area contributed by atoms with Gasteiger partial charge in [0.05, 0.1) is 18.8 Å². The molecule has 1 aliphatic rings. The monoisotopic (exact) mass is 329 g/mol. The Morgan fingerprint density at radius 3 is 3.08 bits per heavy atom. The maximum atomic E-state index is 12.8. The molecule has 0 spiro atoms. The minimum atomic E-state index is -0.103. The fraction of sp³-hybridized carbons (Fsp3) is 0.444. The van der Waals surface area contributed by atoms with Crippen molar-refractivity contribution in [1.82, 2.24) is 10.1 Å². The van der Waals surface area contributed by atoms with Crippen LogP contribution in [0.25, 0.3) is 0 Å². The fourth-order valence-corrected chi connectivity index (χ4v) is 3.31. The molecule has 0 radical (unpaired) electrons. The van der Waals surface area contributed by atoms with Gasteiger partial charge >= 0.3 is 6.03 Å². The molecule has 2 aromatic rings. The van der Waals surface area contributed by atoms with E-state index in [0.29, 0.717) is 5.75 Å². The fourth-order valence-electron chi connectivity index (χ4n) is 3.31. The normalized spacial score (nSPS) is 17.1. The van der Waals surface area contributed by atoms with Gasteiger partial charge in [-0.1, -0.05) is 18.1 Å². The molecule has 1 aliphatic heterocycles. The van der Waals surface area contributed by atoms with Crippen molar-refractivity contribution in [1.29, 1.82) is 0 Å². The molecular formula is C18H23N3O3. The zero-order chi connectivity index (χ0) is 17.1. The van der Waals surface area contributed by atoms with Gasteiger partial charge in [-0.05, 0) is 31.9 Å². The summed E-state index contributed by atoms with van der Waals surface area (Å²) in [6, 6.07) is 7.29. The molecule has 24 heavy (non-hydrogen) atoms. The van der Waals surface area contributed by atoms with Gasteiger partial charge < -0.3 is 19.5 Å². The van der Waals surface area contributed by atoms with Crippen LogP contribution in [0.5, 0.6) is 5.75 Å². The van der Waals surface area contributed by atoms with Crippen molar-refractivity contribution in [3.05, 3.63) is 41.3 Å². The van der Waals surface area contributed by atoms with E-state index in [1.54, 1.807) is 7.11 Å². The number of benzene rings is 1. The SMILES string of the molecule is CCc1onc(C)c1C1CCCN1C(=O)Nc1cccc(OC)c1. The lowest BCUT2D eigenvalue weighted by molar-refractivity contribution is 0.206. The molecule has 0 saturated carbocycles. The molecule has 2 amide bonds. The number of amides is 2. The average molecular weight is 329 g/mol. The van der Waals surface area contributed by atoms with Crippen molar-refractivity contribution >= 4 is 11.7 Å². The van der Waals surface area contributed by atoms with Crippen LogP contribution in [0.1, 0.15) is 42.8 Å². The summed E-state index contributed by atoms with van der Waals surface area (Å²) in [6.45, 7) is 4.71. The van der Waals surface area contributed by atoms with Crippen LogP contribution in [0.2, 0.25) is 0 Å². The number of nitrogens with zero attached hydrogens (tertiary/aromatic N) is 2. The maximum Gasteiger partial charge on any atom is 0.322 e. The summed E-state index contributed by atoms with van der Waals surface area (Å²) in [4.78, 5) is 14.6. The number of aromatic nitrogens is 1. The second-order valence-electron chi connectivity index (χ2n) is 5.97. The molecule has 1 aromatic heterocycles. The lowest BCUT2D eigenvalue weighted by Gasteiger charge is -2.25. The molecule has 3 rings (SSSR count). The van der Waals surface area contributed by atoms with Gasteiger partial charge in [-0.15, -0.1) is 0 Å². The van der Waals surface area contributed by atoms with Gasteiger partial charge in [-0.2, -0.15) is 0 Å². The Morgan fingerprint density at radius 1 is 1.50 bits per heavy atom. The molecule has 1 atom stereocenters. The quantitative estimate of drug-likeness (QED) is 0.923. The van der Waals surface area contributed by atoms with Crippen LogP contribution in [0.3, 0.4) is 0 Å². The molecule has 1 fully saturated rings. The number of likely N-dealkylation sites (tertiary alicyclic amines) is 1. The van der Waals surface area contributed by atoms with Crippen molar-refractivity contribution in [3.8, 4) is 5.75 Å². The second kappa shape index (κ2) is 6.95. The molecule has 1 N–H and O–H groups in total. The third-order valence-electron chi connectivity index (χ3n) is 4.47. The largest absolute Gasteiger partial charge is 0.497 e. The van der Waals surface area contributed by atoms with Gasteiger partial charge in [0, 0.05) is 30.3 Å². The summed E-state index contributed by atoms with van der Waals surface area (Å²) in [6.07, 6.45) is 2.68. The molecule has 128 valence electrons. The highest BCUT2D eigenvalue weighted by Gasteiger charge is 2.34. The number of hydrogen-bond donors (Lipinski definition) is 1. The van der Waals surface area contributed by atoms with E-state index in [1.807, 2.05) is 43.0 Å². The lowest BCUT2D eigenvalue weighted by Crippen LogP contribution is -2.34. The van der Waals surface area contributed by atoms with Crippen molar-refractivity contribution in [2.75, 3.05) is 19.0 Å². The van der Waals surface area contributed by atoms with Crippen LogP contribution in [-0.2, 0) is 6.42 Å². The van der Waals surface area contributed by atoms with E-state index in [1.165, 1.54) is 0 Å². The van der Waals surface area contributed by atoms with Gasteiger partial charge in [0.1, 0.15) is 11.5 Å². The predicted octanol–water partition coefficient (Wildman–Crippen LogP) is 3.92. The molecule has 1 unspecified atom stereocenters. The number of methoxy groups -OCH3 is 1. The number of urea groups is 1. The number of nitrogens with one attached hydrogen (secondary N) is 1. The van der Waals surface area contributed by atoms with E-state index < -0.39 is 0 Å². The van der Waals surface area contributed by atoms with E-state index in [-0.39, 0.29) is 12.1 Å². The average Bonchev–Trinajstić information content (AvgIpc) is 3.20. The lowest BCUT2D eigenvalue weighted by atomic mass is 10.0. The number of hydrogen-bond acceptors (Lipinski definition) is 4. The Kier molecular flexibility index (Phi) is 4.74. The Morgan fingerprint density at radius 2 is 2.33 bits per heavy atom. The molecule has 1 saturated heterocycles. The van der Waals surface area contributed by atoms with Crippen LogP contribution in [0, 0.1) is 6.92 Å². The molecule has 0 aliphatic carbocycles. The summed E-state index contributed by atoms with van der Waals surface area (Å²) in [7, 11) is 1.61. The molecule has 6 nitrogen and oxygen atoms in total. The molecule has 2 heterocycles. The van der Waals surface area contributed by atoms with Gasteiger partial charge in [0.25, 0.3) is 0 Å².